The Morgan fingerprint density at radius 3 is 2.89 bits per heavy atom. The van der Waals surface area contributed by atoms with Gasteiger partial charge in [-0.3, -0.25) is 4.68 Å². The van der Waals surface area contributed by atoms with E-state index in [1.165, 1.54) is 5.56 Å². The van der Waals surface area contributed by atoms with E-state index in [4.69, 9.17) is 4.42 Å². The van der Waals surface area contributed by atoms with Crippen LogP contribution < -0.4 is 5.32 Å². The number of aryl methyl sites for hydroxylation is 2. The van der Waals surface area contributed by atoms with Gasteiger partial charge in [0.25, 0.3) is 0 Å². The first-order valence-electron chi connectivity index (χ1n) is 6.47. The van der Waals surface area contributed by atoms with Crippen molar-refractivity contribution in [2.45, 2.75) is 40.3 Å². The summed E-state index contributed by atoms with van der Waals surface area (Å²) in [5.74, 6) is 0.991. The van der Waals surface area contributed by atoms with E-state index >= 15 is 0 Å². The summed E-state index contributed by atoms with van der Waals surface area (Å²) in [6.07, 6.45) is 2.90. The van der Waals surface area contributed by atoms with Crippen LogP contribution >= 0.6 is 0 Å². The minimum atomic E-state index is 0.704. The molecule has 1 N–H and O–H groups in total. The molecule has 2 aromatic rings. The van der Waals surface area contributed by atoms with Gasteiger partial charge in [0.15, 0.2) is 0 Å². The molecule has 0 aliphatic carbocycles. The average molecular weight is 247 g/mol. The van der Waals surface area contributed by atoms with E-state index in [2.05, 4.69) is 30.3 Å². The lowest BCUT2D eigenvalue weighted by atomic mass is 10.2. The average Bonchev–Trinajstić information content (AvgIpc) is 2.88. The third-order valence-electron chi connectivity index (χ3n) is 2.98. The molecule has 4 nitrogen and oxygen atoms in total. The summed E-state index contributed by atoms with van der Waals surface area (Å²) in [4.78, 5) is 0. The maximum absolute atomic E-state index is 5.56. The molecule has 4 heteroatoms. The summed E-state index contributed by atoms with van der Waals surface area (Å²) in [5, 5.41) is 7.85. The highest BCUT2D eigenvalue weighted by atomic mass is 16.3. The van der Waals surface area contributed by atoms with Gasteiger partial charge >= 0.3 is 0 Å². The van der Waals surface area contributed by atoms with E-state index in [1.807, 2.05) is 17.7 Å². The second-order valence-electron chi connectivity index (χ2n) is 4.63. The van der Waals surface area contributed by atoms with Crippen LogP contribution in [0.1, 0.15) is 36.1 Å². The zero-order valence-electron chi connectivity index (χ0n) is 11.4. The maximum Gasteiger partial charge on any atom is 0.129 e. The Kier molecular flexibility index (Phi) is 4.20. The molecule has 2 rings (SSSR count). The van der Waals surface area contributed by atoms with E-state index in [9.17, 15) is 0 Å². The van der Waals surface area contributed by atoms with Gasteiger partial charge < -0.3 is 9.73 Å². The third kappa shape index (κ3) is 3.01. The number of nitrogens with one attached hydrogen (secondary N) is 1. The zero-order chi connectivity index (χ0) is 13.0. The van der Waals surface area contributed by atoms with Crippen molar-refractivity contribution in [3.05, 3.63) is 41.1 Å². The van der Waals surface area contributed by atoms with Gasteiger partial charge in [-0.15, -0.1) is 0 Å². The standard InChI is InChI=1S/C14H21N3O/c1-4-6-15-9-13-5-7-18-14(13)10-17-12(3)8-11(2)16-17/h5,7-8,15H,4,6,9-10H2,1-3H3. The van der Waals surface area contributed by atoms with Crippen LogP contribution in [0.25, 0.3) is 0 Å². The second kappa shape index (κ2) is 5.87. The summed E-state index contributed by atoms with van der Waals surface area (Å²) in [6, 6.07) is 4.11. The number of hydrogen-bond donors (Lipinski definition) is 1. The van der Waals surface area contributed by atoms with Gasteiger partial charge in [0.05, 0.1) is 18.5 Å². The highest BCUT2D eigenvalue weighted by molar-refractivity contribution is 5.18. The first-order valence-corrected chi connectivity index (χ1v) is 6.47. The van der Waals surface area contributed by atoms with Crippen molar-refractivity contribution in [1.82, 2.24) is 15.1 Å². The molecule has 0 radical (unpaired) electrons. The van der Waals surface area contributed by atoms with E-state index in [0.29, 0.717) is 6.54 Å². The van der Waals surface area contributed by atoms with Crippen LogP contribution in [-0.4, -0.2) is 16.3 Å². The largest absolute Gasteiger partial charge is 0.467 e. The summed E-state index contributed by atoms with van der Waals surface area (Å²) in [5.41, 5.74) is 3.43. The fourth-order valence-electron chi connectivity index (χ4n) is 2.03. The first kappa shape index (κ1) is 12.9. The lowest BCUT2D eigenvalue weighted by molar-refractivity contribution is 0.468. The molecular weight excluding hydrogens is 226 g/mol. The predicted octanol–water partition coefficient (Wildman–Crippen LogP) is 2.64. The van der Waals surface area contributed by atoms with Crippen molar-refractivity contribution in [3.8, 4) is 0 Å². The second-order valence-corrected chi connectivity index (χ2v) is 4.63. The van der Waals surface area contributed by atoms with E-state index in [-0.39, 0.29) is 0 Å². The normalized spacial score (nSPS) is 11.1. The number of furan rings is 1. The van der Waals surface area contributed by atoms with Crippen LogP contribution in [0.4, 0.5) is 0 Å². The SMILES string of the molecule is CCCNCc1ccoc1Cn1nc(C)cc1C. The van der Waals surface area contributed by atoms with Gasteiger partial charge in [-0.2, -0.15) is 5.10 Å². The fraction of sp³-hybridized carbons (Fsp3) is 0.500. The van der Waals surface area contributed by atoms with Crippen molar-refractivity contribution in [2.75, 3.05) is 6.54 Å². The Labute approximate surface area is 108 Å². The minimum absolute atomic E-state index is 0.704. The molecule has 0 saturated carbocycles. The number of rotatable bonds is 6. The van der Waals surface area contributed by atoms with E-state index in [1.54, 1.807) is 6.26 Å². The molecule has 2 heterocycles. The van der Waals surface area contributed by atoms with Gasteiger partial charge in [0, 0.05) is 17.8 Å². The molecule has 0 unspecified atom stereocenters. The molecule has 0 aliphatic rings. The molecule has 0 spiro atoms. The Morgan fingerprint density at radius 2 is 2.22 bits per heavy atom. The zero-order valence-corrected chi connectivity index (χ0v) is 11.4. The third-order valence-corrected chi connectivity index (χ3v) is 2.98. The highest BCUT2D eigenvalue weighted by Gasteiger charge is 2.09. The van der Waals surface area contributed by atoms with Crippen LogP contribution in [0.5, 0.6) is 0 Å². The molecule has 0 fully saturated rings. The fourth-order valence-corrected chi connectivity index (χ4v) is 2.03. The van der Waals surface area contributed by atoms with Crippen molar-refractivity contribution >= 4 is 0 Å². The number of aromatic nitrogens is 2. The highest BCUT2D eigenvalue weighted by Crippen LogP contribution is 2.13. The summed E-state index contributed by atoms with van der Waals surface area (Å²) in [7, 11) is 0. The molecule has 0 amide bonds. The van der Waals surface area contributed by atoms with Crippen molar-refractivity contribution in [3.63, 3.8) is 0 Å². The van der Waals surface area contributed by atoms with Crippen molar-refractivity contribution < 1.29 is 4.42 Å². The topological polar surface area (TPSA) is 43.0 Å². The molecule has 98 valence electrons. The molecular formula is C14H21N3O. The maximum atomic E-state index is 5.56. The van der Waals surface area contributed by atoms with Crippen LogP contribution in [0, 0.1) is 13.8 Å². The Hall–Kier alpha value is -1.55. The quantitative estimate of drug-likeness (QED) is 0.798. The van der Waals surface area contributed by atoms with Crippen LogP contribution in [-0.2, 0) is 13.1 Å². The minimum Gasteiger partial charge on any atom is -0.467 e. The van der Waals surface area contributed by atoms with Crippen LogP contribution in [0.2, 0.25) is 0 Å². The van der Waals surface area contributed by atoms with Crippen molar-refractivity contribution in [2.24, 2.45) is 0 Å². The van der Waals surface area contributed by atoms with Gasteiger partial charge in [-0.05, 0) is 38.9 Å². The van der Waals surface area contributed by atoms with Gasteiger partial charge in [0.2, 0.25) is 0 Å². The molecule has 0 aromatic carbocycles. The molecule has 18 heavy (non-hydrogen) atoms. The van der Waals surface area contributed by atoms with E-state index in [0.717, 1.165) is 36.7 Å². The molecule has 0 atom stereocenters. The van der Waals surface area contributed by atoms with E-state index < -0.39 is 0 Å². The predicted molar refractivity (Wildman–Crippen MR) is 71.5 cm³/mol. The summed E-state index contributed by atoms with van der Waals surface area (Å²) >= 11 is 0. The van der Waals surface area contributed by atoms with Crippen LogP contribution in [0.15, 0.2) is 22.8 Å². The number of hydrogen-bond acceptors (Lipinski definition) is 3. The van der Waals surface area contributed by atoms with Gasteiger partial charge in [-0.1, -0.05) is 6.92 Å². The first-order chi connectivity index (χ1) is 8.70. The Bertz CT molecular complexity index is 499. The molecule has 2 aromatic heterocycles. The Balaban J connectivity index is 2.05. The van der Waals surface area contributed by atoms with Crippen molar-refractivity contribution in [1.29, 1.82) is 0 Å². The van der Waals surface area contributed by atoms with Crippen LogP contribution in [0.3, 0.4) is 0 Å². The smallest absolute Gasteiger partial charge is 0.129 e. The molecule has 0 bridgehead atoms. The molecule has 0 saturated heterocycles. The number of nitrogens with zero attached hydrogens (tertiary/aromatic N) is 2. The van der Waals surface area contributed by atoms with Gasteiger partial charge in [0.1, 0.15) is 5.76 Å². The monoisotopic (exact) mass is 247 g/mol. The lowest BCUT2D eigenvalue weighted by Gasteiger charge is -2.06. The lowest BCUT2D eigenvalue weighted by Crippen LogP contribution is -2.15. The van der Waals surface area contributed by atoms with Gasteiger partial charge in [-0.25, -0.2) is 0 Å². The summed E-state index contributed by atoms with van der Waals surface area (Å²) in [6.45, 7) is 8.84. The Morgan fingerprint density at radius 1 is 1.39 bits per heavy atom. The molecule has 0 aliphatic heterocycles. The summed E-state index contributed by atoms with van der Waals surface area (Å²) < 4.78 is 7.55.